The van der Waals surface area contributed by atoms with Crippen LogP contribution in [0.3, 0.4) is 0 Å². The topological polar surface area (TPSA) is 261 Å². The lowest BCUT2D eigenvalue weighted by atomic mass is 9.81. The van der Waals surface area contributed by atoms with Crippen molar-refractivity contribution in [3.63, 3.8) is 0 Å². The Hall–Kier alpha value is -5.00. The van der Waals surface area contributed by atoms with E-state index in [-0.39, 0.29) is 70.9 Å². The van der Waals surface area contributed by atoms with Crippen molar-refractivity contribution in [1.29, 1.82) is 0 Å². The highest BCUT2D eigenvalue weighted by Crippen LogP contribution is 2.34. The molecule has 318 valence electrons. The molecule has 1 aliphatic carbocycles. The maximum absolute atomic E-state index is 12.8. The Morgan fingerprint density at radius 3 is 1.98 bits per heavy atom. The van der Waals surface area contributed by atoms with Gasteiger partial charge in [-0.2, -0.15) is 13.5 Å². The highest BCUT2D eigenvalue weighted by molar-refractivity contribution is 7.92. The lowest BCUT2D eigenvalue weighted by molar-refractivity contribution is -0.385. The van der Waals surface area contributed by atoms with E-state index in [1.165, 1.54) is 32.2 Å². The number of sulfonamides is 1. The van der Waals surface area contributed by atoms with Crippen molar-refractivity contribution in [1.82, 2.24) is 14.3 Å². The molecule has 0 amide bonds. The number of sulfone groups is 1. The van der Waals surface area contributed by atoms with Crippen molar-refractivity contribution >= 4 is 101 Å². The lowest BCUT2D eigenvalue weighted by Crippen LogP contribution is -2.35. The van der Waals surface area contributed by atoms with Gasteiger partial charge in [0.1, 0.15) is 17.3 Å². The van der Waals surface area contributed by atoms with Gasteiger partial charge in [0, 0.05) is 25.2 Å². The summed E-state index contributed by atoms with van der Waals surface area (Å²) in [6.45, 7) is -1.85. The molecule has 0 unspecified atom stereocenters. The Bertz CT molecular complexity index is 2640. The molecule has 3 aromatic carbocycles. The quantitative estimate of drug-likeness (QED) is 0.0773. The van der Waals surface area contributed by atoms with Crippen LogP contribution in [-0.2, 0) is 29.4 Å². The van der Waals surface area contributed by atoms with Crippen LogP contribution in [0.1, 0.15) is 52.4 Å². The van der Waals surface area contributed by atoms with Crippen molar-refractivity contribution in [3.05, 3.63) is 100 Å². The number of hydrogen-bond acceptors (Lipinski definition) is 13. The summed E-state index contributed by atoms with van der Waals surface area (Å²) in [4.78, 5) is 68.7. The summed E-state index contributed by atoms with van der Waals surface area (Å²) >= 11 is 23.2. The SMILES string of the molecule is COc1c(Cl)ccc(Cl)c1C(=O)O.CS(=O)(=O)c1ccc(C(=O)C2C(=O)CCCC2=O)c([N+](=O)[O-])c1.Cc1nn(-c2cc(NS(C)(=O)=O)c(Cl)cc2Cl)c(=O)n1C(F)F. The highest BCUT2D eigenvalue weighted by Gasteiger charge is 2.39. The van der Waals surface area contributed by atoms with E-state index in [0.29, 0.717) is 11.1 Å². The van der Waals surface area contributed by atoms with E-state index in [2.05, 4.69) is 9.82 Å². The molecule has 59 heavy (non-hydrogen) atoms. The Morgan fingerprint density at radius 1 is 0.949 bits per heavy atom. The number of carboxylic acid groups (broad SMARTS) is 1. The van der Waals surface area contributed by atoms with Gasteiger partial charge in [0.25, 0.3) is 5.69 Å². The molecule has 0 aliphatic heterocycles. The van der Waals surface area contributed by atoms with Crippen LogP contribution >= 0.6 is 46.4 Å². The molecule has 0 atom stereocenters. The molecule has 0 spiro atoms. The molecule has 0 saturated heterocycles. The maximum atomic E-state index is 12.8. The minimum absolute atomic E-state index is 0.0257. The number of nitrogens with zero attached hydrogens (tertiary/aromatic N) is 4. The van der Waals surface area contributed by atoms with Gasteiger partial charge < -0.3 is 9.84 Å². The van der Waals surface area contributed by atoms with Gasteiger partial charge >= 0.3 is 18.2 Å². The number of carbonyl (C=O) groups is 4. The first-order valence-corrected chi connectivity index (χ1v) is 21.3. The first kappa shape index (κ1) is 48.4. The molecule has 18 nitrogen and oxygen atoms in total. The number of nitro groups is 1. The zero-order valence-corrected chi connectivity index (χ0v) is 35.2. The summed E-state index contributed by atoms with van der Waals surface area (Å²) in [7, 11) is -6.01. The van der Waals surface area contributed by atoms with Crippen LogP contribution < -0.4 is 15.1 Å². The van der Waals surface area contributed by atoms with Crippen LogP contribution in [0.2, 0.25) is 20.1 Å². The average Bonchev–Trinajstić information content (AvgIpc) is 3.42. The van der Waals surface area contributed by atoms with E-state index in [0.717, 1.165) is 36.8 Å². The molecule has 5 rings (SSSR count). The molecule has 0 bridgehead atoms. The van der Waals surface area contributed by atoms with Crippen LogP contribution in [0.4, 0.5) is 20.2 Å². The predicted molar refractivity (Wildman–Crippen MR) is 210 cm³/mol. The standard InChI is InChI=1S/C14H13NO7S.C11H10Cl2F2N4O3S.C8H6Cl2O3/c1-23(21,22)8-5-6-9(10(7-8)15(19)20)14(18)13-11(16)3-2-4-12(13)17;1-5-16-19(11(20)18(5)10(14)15)9-4-8(17-23(2,21)22)6(12)3-7(9)13;1-13-7-5(10)3-2-4(9)6(7)8(11)12/h5-7,13H,2-4H2,1H3;3-4,10,17H,1-2H3;2-3H,1H3,(H,11,12). The van der Waals surface area contributed by atoms with Gasteiger partial charge in [0.15, 0.2) is 32.9 Å². The zero-order chi connectivity index (χ0) is 44.9. The van der Waals surface area contributed by atoms with Crippen molar-refractivity contribution in [2.75, 3.05) is 24.3 Å². The number of nitro benzene ring substituents is 1. The molecule has 26 heteroatoms. The number of carbonyl (C=O) groups excluding carboxylic acids is 3. The predicted octanol–water partition coefficient (Wildman–Crippen LogP) is 6.24. The molecule has 4 aromatic rings. The second kappa shape index (κ2) is 19.4. The van der Waals surface area contributed by atoms with Gasteiger partial charge in [-0.3, -0.25) is 29.2 Å². The molecule has 1 heterocycles. The maximum Gasteiger partial charge on any atom is 0.355 e. The largest absolute Gasteiger partial charge is 0.494 e. The smallest absolute Gasteiger partial charge is 0.355 e. The van der Waals surface area contributed by atoms with Crippen LogP contribution in [0.25, 0.3) is 5.69 Å². The van der Waals surface area contributed by atoms with Gasteiger partial charge in [-0.15, -0.1) is 5.10 Å². The number of ketones is 3. The van der Waals surface area contributed by atoms with Crippen LogP contribution in [0.5, 0.6) is 5.75 Å². The van der Waals surface area contributed by atoms with E-state index in [1.807, 2.05) is 0 Å². The summed E-state index contributed by atoms with van der Waals surface area (Å²) in [5, 5.41) is 23.9. The monoisotopic (exact) mass is 945 g/mol. The molecule has 0 radical (unpaired) electrons. The molecule has 1 saturated carbocycles. The number of nitrogens with one attached hydrogen (secondary N) is 1. The molecule has 1 aromatic heterocycles. The number of aromatic carboxylic acids is 1. The molecule has 2 N–H and O–H groups in total. The van der Waals surface area contributed by atoms with E-state index in [9.17, 15) is 59.7 Å². The number of benzene rings is 3. The van der Waals surface area contributed by atoms with E-state index >= 15 is 0 Å². The summed E-state index contributed by atoms with van der Waals surface area (Å²) in [5.41, 5.74) is -2.55. The first-order chi connectivity index (χ1) is 27.2. The van der Waals surface area contributed by atoms with Gasteiger partial charge in [-0.25, -0.2) is 31.0 Å². The number of carboxylic acids is 1. The summed E-state index contributed by atoms with van der Waals surface area (Å²) in [5.74, 6) is -4.92. The van der Waals surface area contributed by atoms with Gasteiger partial charge in [-0.05, 0) is 49.7 Å². The number of rotatable bonds is 10. The Morgan fingerprint density at radius 2 is 1.53 bits per heavy atom. The number of hydrogen-bond donors (Lipinski definition) is 2. The fourth-order valence-electron chi connectivity index (χ4n) is 5.22. The third kappa shape index (κ3) is 11.8. The number of methoxy groups -OCH3 is 1. The molecular weight excluding hydrogens is 918 g/mol. The van der Waals surface area contributed by atoms with Crippen LogP contribution in [0.15, 0.2) is 52.2 Å². The number of ether oxygens (including phenoxy) is 1. The van der Waals surface area contributed by atoms with Gasteiger partial charge in [0.2, 0.25) is 10.0 Å². The number of Topliss-reactive ketones (excluding diaryl/α,β-unsaturated/α-hetero) is 3. The average molecular weight is 948 g/mol. The van der Waals surface area contributed by atoms with Crippen molar-refractivity contribution in [3.8, 4) is 11.4 Å². The molecular formula is C33H29Cl4F2N5O13S2. The number of alkyl halides is 2. The Labute approximate surface area is 352 Å². The van der Waals surface area contributed by atoms with Crippen LogP contribution in [0, 0.1) is 23.0 Å². The van der Waals surface area contributed by atoms with Gasteiger partial charge in [0.05, 0.1) is 60.2 Å². The van der Waals surface area contributed by atoms with Crippen molar-refractivity contribution < 1.29 is 59.6 Å². The fraction of sp³-hybridized carbons (Fsp3) is 0.273. The minimum Gasteiger partial charge on any atom is -0.494 e. The number of aromatic nitrogens is 3. The normalized spacial score (nSPS) is 13.2. The Kier molecular flexibility index (Phi) is 15.9. The number of aryl methyl sites for hydroxylation is 1. The van der Waals surface area contributed by atoms with E-state index in [4.69, 9.17) is 56.2 Å². The third-order valence-electron chi connectivity index (χ3n) is 7.82. The van der Waals surface area contributed by atoms with Crippen molar-refractivity contribution in [2.24, 2.45) is 5.92 Å². The number of halogens is 6. The Balaban J connectivity index is 0.000000246. The number of anilines is 1. The minimum atomic E-state index is -3.70. The van der Waals surface area contributed by atoms with Crippen molar-refractivity contribution in [2.45, 2.75) is 37.6 Å². The second-order valence-corrected chi connectivity index (χ2v) is 17.5. The second-order valence-electron chi connectivity index (χ2n) is 12.1. The fourth-order valence-corrected chi connectivity index (χ4v) is 7.46. The lowest BCUT2D eigenvalue weighted by Gasteiger charge is -2.18. The first-order valence-electron chi connectivity index (χ1n) is 16.0. The molecule has 1 aliphatic rings. The summed E-state index contributed by atoms with van der Waals surface area (Å²) in [6, 6.07) is 8.00. The highest BCUT2D eigenvalue weighted by atomic mass is 35.5. The van der Waals surface area contributed by atoms with Gasteiger partial charge in [-0.1, -0.05) is 46.4 Å². The summed E-state index contributed by atoms with van der Waals surface area (Å²) < 4.78 is 79.1. The van der Waals surface area contributed by atoms with E-state index < -0.39 is 77.5 Å². The summed E-state index contributed by atoms with van der Waals surface area (Å²) in [6.07, 6.45) is 2.27. The zero-order valence-electron chi connectivity index (χ0n) is 30.5. The molecule has 1 fully saturated rings. The third-order valence-corrected chi connectivity index (χ3v) is 10.8. The van der Waals surface area contributed by atoms with Crippen LogP contribution in [-0.4, -0.2) is 84.2 Å². The van der Waals surface area contributed by atoms with E-state index in [1.54, 1.807) is 0 Å².